The Morgan fingerprint density at radius 3 is 2.61 bits per heavy atom. The van der Waals surface area contributed by atoms with Crippen LogP contribution in [0.3, 0.4) is 0 Å². The minimum absolute atomic E-state index is 0.0699. The molecule has 5 nitrogen and oxygen atoms in total. The molecule has 0 atom stereocenters. The number of carboxylic acid groups (broad SMARTS) is 1. The number of hydrogen-bond acceptors (Lipinski definition) is 2. The average Bonchev–Trinajstić information content (AvgIpc) is 2.28. The van der Waals surface area contributed by atoms with Gasteiger partial charge in [-0.25, -0.2) is 9.59 Å². The van der Waals surface area contributed by atoms with Crippen molar-refractivity contribution in [2.45, 2.75) is 13.8 Å². The summed E-state index contributed by atoms with van der Waals surface area (Å²) >= 11 is 0. The number of nitrogens with one attached hydrogen (secondary N) is 2. The summed E-state index contributed by atoms with van der Waals surface area (Å²) < 4.78 is 0. The Morgan fingerprint density at radius 2 is 2.06 bits per heavy atom. The molecule has 18 heavy (non-hydrogen) atoms. The van der Waals surface area contributed by atoms with Gasteiger partial charge >= 0.3 is 12.0 Å². The maximum atomic E-state index is 11.6. The molecule has 0 heterocycles. The Kier molecular flexibility index (Phi) is 4.48. The van der Waals surface area contributed by atoms with Gasteiger partial charge in [-0.05, 0) is 25.5 Å². The third kappa shape index (κ3) is 3.62. The molecule has 2 amide bonds. The van der Waals surface area contributed by atoms with Crippen molar-refractivity contribution in [3.63, 3.8) is 0 Å². The molecule has 3 N–H and O–H groups in total. The summed E-state index contributed by atoms with van der Waals surface area (Å²) in [6.45, 7) is 7.53. The number of anilines is 1. The molecule has 0 aromatic heterocycles. The van der Waals surface area contributed by atoms with Crippen LogP contribution in [0.25, 0.3) is 0 Å². The SMILES string of the molecule is C=C(C)CNC(=O)Nc1c(C)cccc1C(=O)O. The van der Waals surface area contributed by atoms with E-state index in [1.165, 1.54) is 6.07 Å². The average molecular weight is 248 g/mol. The molecule has 0 radical (unpaired) electrons. The Labute approximate surface area is 106 Å². The van der Waals surface area contributed by atoms with E-state index in [9.17, 15) is 9.59 Å². The Morgan fingerprint density at radius 1 is 1.39 bits per heavy atom. The smallest absolute Gasteiger partial charge is 0.337 e. The van der Waals surface area contributed by atoms with E-state index in [0.717, 1.165) is 5.57 Å². The molecule has 0 saturated carbocycles. The number of amides is 2. The van der Waals surface area contributed by atoms with E-state index in [-0.39, 0.29) is 5.56 Å². The van der Waals surface area contributed by atoms with Crippen molar-refractivity contribution >= 4 is 17.7 Å². The third-order valence-electron chi connectivity index (χ3n) is 2.29. The molecule has 0 fully saturated rings. The second-order valence-corrected chi connectivity index (χ2v) is 4.07. The summed E-state index contributed by atoms with van der Waals surface area (Å²) in [7, 11) is 0. The van der Waals surface area contributed by atoms with Gasteiger partial charge in [-0.15, -0.1) is 0 Å². The molecular weight excluding hydrogens is 232 g/mol. The van der Waals surface area contributed by atoms with Gasteiger partial charge in [0, 0.05) is 6.54 Å². The van der Waals surface area contributed by atoms with Crippen LogP contribution in [0.4, 0.5) is 10.5 Å². The first kappa shape index (κ1) is 13.8. The third-order valence-corrected chi connectivity index (χ3v) is 2.29. The van der Waals surface area contributed by atoms with Crippen LogP contribution in [-0.4, -0.2) is 23.7 Å². The Bertz CT molecular complexity index is 495. The van der Waals surface area contributed by atoms with Crippen molar-refractivity contribution in [1.82, 2.24) is 5.32 Å². The number of carboxylic acids is 1. The molecule has 0 saturated heterocycles. The first-order valence-corrected chi connectivity index (χ1v) is 5.44. The highest BCUT2D eigenvalue weighted by atomic mass is 16.4. The molecule has 0 unspecified atom stereocenters. The normalized spacial score (nSPS) is 9.67. The van der Waals surface area contributed by atoms with Gasteiger partial charge in [0.05, 0.1) is 11.3 Å². The topological polar surface area (TPSA) is 78.4 Å². The first-order chi connectivity index (χ1) is 8.41. The van der Waals surface area contributed by atoms with Crippen molar-refractivity contribution in [2.75, 3.05) is 11.9 Å². The number of aryl methyl sites for hydroxylation is 1. The van der Waals surface area contributed by atoms with Crippen molar-refractivity contribution in [1.29, 1.82) is 0 Å². The van der Waals surface area contributed by atoms with Crippen molar-refractivity contribution < 1.29 is 14.7 Å². The van der Waals surface area contributed by atoms with Crippen LogP contribution in [0.15, 0.2) is 30.4 Å². The van der Waals surface area contributed by atoms with Gasteiger partial charge in [0.25, 0.3) is 0 Å². The van der Waals surface area contributed by atoms with Gasteiger partial charge in [0.1, 0.15) is 0 Å². The molecule has 96 valence electrons. The first-order valence-electron chi connectivity index (χ1n) is 5.44. The fraction of sp³-hybridized carbons (Fsp3) is 0.231. The van der Waals surface area contributed by atoms with E-state index in [4.69, 9.17) is 5.11 Å². The number of rotatable bonds is 4. The molecule has 1 aromatic carbocycles. The fourth-order valence-corrected chi connectivity index (χ4v) is 1.40. The van der Waals surface area contributed by atoms with Gasteiger partial charge in [-0.2, -0.15) is 0 Å². The van der Waals surface area contributed by atoms with Gasteiger partial charge < -0.3 is 15.7 Å². The number of carbonyl (C=O) groups is 2. The van der Waals surface area contributed by atoms with Crippen molar-refractivity contribution in [2.24, 2.45) is 0 Å². The molecule has 0 spiro atoms. The lowest BCUT2D eigenvalue weighted by Gasteiger charge is -2.12. The van der Waals surface area contributed by atoms with Crippen LogP contribution < -0.4 is 10.6 Å². The number of para-hydroxylation sites is 1. The molecule has 0 aliphatic rings. The molecule has 1 rings (SSSR count). The summed E-state index contributed by atoms with van der Waals surface area (Å²) in [6.07, 6.45) is 0. The minimum Gasteiger partial charge on any atom is -0.478 e. The molecular formula is C13H16N2O3. The predicted octanol–water partition coefficient (Wildman–Crippen LogP) is 2.39. The summed E-state index contributed by atoms with van der Waals surface area (Å²) in [6, 6.07) is 4.37. The summed E-state index contributed by atoms with van der Waals surface area (Å²) in [5, 5.41) is 14.2. The summed E-state index contributed by atoms with van der Waals surface area (Å²) in [4.78, 5) is 22.6. The highest BCUT2D eigenvalue weighted by Gasteiger charge is 2.13. The van der Waals surface area contributed by atoms with Gasteiger partial charge in [-0.1, -0.05) is 24.3 Å². The lowest BCUT2D eigenvalue weighted by molar-refractivity contribution is 0.0698. The van der Waals surface area contributed by atoms with Crippen LogP contribution >= 0.6 is 0 Å². The van der Waals surface area contributed by atoms with Gasteiger partial charge in [0.2, 0.25) is 0 Å². The maximum absolute atomic E-state index is 11.6. The Balaban J connectivity index is 2.86. The zero-order chi connectivity index (χ0) is 13.7. The number of carbonyl (C=O) groups excluding carboxylic acids is 1. The van der Waals surface area contributed by atoms with E-state index >= 15 is 0 Å². The van der Waals surface area contributed by atoms with E-state index in [1.807, 2.05) is 0 Å². The van der Waals surface area contributed by atoms with E-state index in [0.29, 0.717) is 17.8 Å². The lowest BCUT2D eigenvalue weighted by atomic mass is 10.1. The quantitative estimate of drug-likeness (QED) is 0.716. The maximum Gasteiger partial charge on any atom is 0.337 e. The van der Waals surface area contributed by atoms with Crippen LogP contribution in [-0.2, 0) is 0 Å². The van der Waals surface area contributed by atoms with E-state index in [2.05, 4.69) is 17.2 Å². The molecule has 0 aliphatic carbocycles. The Hall–Kier alpha value is -2.30. The van der Waals surface area contributed by atoms with E-state index < -0.39 is 12.0 Å². The second-order valence-electron chi connectivity index (χ2n) is 4.07. The minimum atomic E-state index is -1.08. The van der Waals surface area contributed by atoms with Crippen molar-refractivity contribution in [3.05, 3.63) is 41.5 Å². The highest BCUT2D eigenvalue weighted by molar-refractivity contribution is 6.01. The zero-order valence-electron chi connectivity index (χ0n) is 10.4. The predicted molar refractivity (Wildman–Crippen MR) is 70.0 cm³/mol. The number of benzene rings is 1. The van der Waals surface area contributed by atoms with Crippen LogP contribution in [0.2, 0.25) is 0 Å². The largest absolute Gasteiger partial charge is 0.478 e. The molecule has 5 heteroatoms. The van der Waals surface area contributed by atoms with Crippen LogP contribution in [0.1, 0.15) is 22.8 Å². The number of hydrogen-bond donors (Lipinski definition) is 3. The number of urea groups is 1. The highest BCUT2D eigenvalue weighted by Crippen LogP contribution is 2.20. The summed E-state index contributed by atoms with van der Waals surface area (Å²) in [5.74, 6) is -1.08. The van der Waals surface area contributed by atoms with Crippen LogP contribution in [0.5, 0.6) is 0 Å². The monoisotopic (exact) mass is 248 g/mol. The standard InChI is InChI=1S/C13H16N2O3/c1-8(2)7-14-13(18)15-11-9(3)5-4-6-10(11)12(16)17/h4-6H,1,7H2,2-3H3,(H,16,17)(H2,14,15,18). The fourth-order valence-electron chi connectivity index (χ4n) is 1.40. The zero-order valence-corrected chi connectivity index (χ0v) is 10.4. The lowest BCUT2D eigenvalue weighted by Crippen LogP contribution is -2.30. The second kappa shape index (κ2) is 5.86. The summed E-state index contributed by atoms with van der Waals surface area (Å²) in [5.41, 5.74) is 1.89. The van der Waals surface area contributed by atoms with Crippen molar-refractivity contribution in [3.8, 4) is 0 Å². The molecule has 0 aliphatic heterocycles. The van der Waals surface area contributed by atoms with Crippen LogP contribution in [0, 0.1) is 6.92 Å². The van der Waals surface area contributed by atoms with E-state index in [1.54, 1.807) is 26.0 Å². The van der Waals surface area contributed by atoms with Gasteiger partial charge in [-0.3, -0.25) is 0 Å². The van der Waals surface area contributed by atoms with Gasteiger partial charge in [0.15, 0.2) is 0 Å². The molecule has 1 aromatic rings. The number of aromatic carboxylic acids is 1. The molecule has 0 bridgehead atoms.